The first kappa shape index (κ1) is 21.0. The summed E-state index contributed by atoms with van der Waals surface area (Å²) >= 11 is 3.32. The van der Waals surface area contributed by atoms with Gasteiger partial charge >= 0.3 is 5.97 Å². The van der Waals surface area contributed by atoms with Crippen LogP contribution in [-0.4, -0.2) is 27.7 Å². The van der Waals surface area contributed by atoms with Gasteiger partial charge in [0.05, 0.1) is 7.11 Å². The van der Waals surface area contributed by atoms with E-state index < -0.39 is 5.97 Å². The number of fused-ring (bicyclic) bond motifs is 3. The van der Waals surface area contributed by atoms with E-state index in [-0.39, 0.29) is 12.3 Å². The molecule has 8 heteroatoms. The molecule has 0 fully saturated rings. The first-order valence-electron chi connectivity index (χ1n) is 10.1. The van der Waals surface area contributed by atoms with Gasteiger partial charge in [0.25, 0.3) is 0 Å². The molecule has 0 aliphatic carbocycles. The van der Waals surface area contributed by atoms with Crippen molar-refractivity contribution in [2.45, 2.75) is 6.61 Å². The second-order valence-electron chi connectivity index (χ2n) is 7.18. The molecule has 0 saturated heterocycles. The van der Waals surface area contributed by atoms with Gasteiger partial charge in [-0.2, -0.15) is 0 Å². The molecule has 0 atom stereocenters. The van der Waals surface area contributed by atoms with Crippen LogP contribution in [0.3, 0.4) is 0 Å². The second kappa shape index (κ2) is 8.91. The zero-order chi connectivity index (χ0) is 22.8. The molecule has 2 aromatic heterocycles. The number of para-hydroxylation sites is 1. The lowest BCUT2D eigenvalue weighted by molar-refractivity contribution is 0.0585. The lowest BCUT2D eigenvalue weighted by atomic mass is 10.1. The fourth-order valence-corrected chi connectivity index (χ4v) is 3.91. The molecule has 3 aromatic carbocycles. The van der Waals surface area contributed by atoms with Crippen molar-refractivity contribution >= 4 is 38.3 Å². The summed E-state index contributed by atoms with van der Waals surface area (Å²) in [5, 5.41) is 5.78. The molecule has 0 spiro atoms. The molecule has 5 aromatic rings. The van der Waals surface area contributed by atoms with Gasteiger partial charge in [0.1, 0.15) is 18.1 Å². The number of nitrogens with zero attached hydrogens (tertiary/aromatic N) is 3. The van der Waals surface area contributed by atoms with Crippen molar-refractivity contribution in [3.05, 3.63) is 94.9 Å². The molecule has 2 heterocycles. The average Bonchev–Trinajstić information content (AvgIpc) is 3.24. The van der Waals surface area contributed by atoms with Crippen molar-refractivity contribution in [2.75, 3.05) is 7.11 Å². The third-order valence-electron chi connectivity index (χ3n) is 5.07. The first-order valence-corrected chi connectivity index (χ1v) is 10.9. The topological polar surface area (TPSA) is 75.0 Å². The molecule has 0 aliphatic heterocycles. The molecule has 0 unspecified atom stereocenters. The summed E-state index contributed by atoms with van der Waals surface area (Å²) in [6.07, 6.45) is 0. The number of benzene rings is 3. The minimum atomic E-state index is -0.577. The van der Waals surface area contributed by atoms with Crippen LogP contribution in [0.5, 0.6) is 17.2 Å². The van der Waals surface area contributed by atoms with Crippen molar-refractivity contribution in [2.24, 2.45) is 0 Å². The third kappa shape index (κ3) is 4.12. The maximum atomic E-state index is 12.8. The Balaban J connectivity index is 1.69. The number of hydrogen-bond acceptors (Lipinski definition) is 6. The number of esters is 1. The van der Waals surface area contributed by atoms with E-state index in [4.69, 9.17) is 14.2 Å². The predicted octanol–water partition coefficient (Wildman–Crippen LogP) is 5.80. The molecule has 33 heavy (non-hydrogen) atoms. The minimum Gasteiger partial charge on any atom is -0.486 e. The van der Waals surface area contributed by atoms with E-state index >= 15 is 0 Å². The van der Waals surface area contributed by atoms with Crippen LogP contribution in [0.1, 0.15) is 16.1 Å². The van der Waals surface area contributed by atoms with E-state index in [9.17, 15) is 4.79 Å². The monoisotopic (exact) mass is 503 g/mol. The van der Waals surface area contributed by atoms with Gasteiger partial charge in [-0.15, -0.1) is 5.10 Å². The molecule has 0 saturated carbocycles. The number of ether oxygens (including phenoxy) is 3. The summed E-state index contributed by atoms with van der Waals surface area (Å²) in [5.41, 5.74) is 1.60. The van der Waals surface area contributed by atoms with E-state index in [2.05, 4.69) is 26.0 Å². The largest absolute Gasteiger partial charge is 0.486 e. The smallest absolute Gasteiger partial charge is 0.360 e. The van der Waals surface area contributed by atoms with Gasteiger partial charge < -0.3 is 14.2 Å². The summed E-state index contributed by atoms with van der Waals surface area (Å²) in [5.74, 6) is 1.11. The van der Waals surface area contributed by atoms with Gasteiger partial charge in [0.2, 0.25) is 4.73 Å². The number of rotatable bonds is 6. The molecule has 0 radical (unpaired) electrons. The van der Waals surface area contributed by atoms with Crippen LogP contribution in [0.2, 0.25) is 0 Å². The number of carbonyl (C=O) groups excluding carboxylic acids is 1. The van der Waals surface area contributed by atoms with E-state index in [0.717, 1.165) is 10.9 Å². The Morgan fingerprint density at radius 1 is 0.939 bits per heavy atom. The molecule has 5 rings (SSSR count). The molecular formula is C25H18BrN3O4. The Bertz CT molecular complexity index is 1450. The van der Waals surface area contributed by atoms with Gasteiger partial charge in [-0.25, -0.2) is 14.3 Å². The quantitative estimate of drug-likeness (QED) is 0.272. The third-order valence-corrected chi connectivity index (χ3v) is 5.40. The van der Waals surface area contributed by atoms with Crippen LogP contribution in [-0.2, 0) is 11.3 Å². The predicted molar refractivity (Wildman–Crippen MR) is 127 cm³/mol. The summed E-state index contributed by atoms with van der Waals surface area (Å²) in [7, 11) is 1.32. The zero-order valence-electron chi connectivity index (χ0n) is 17.6. The van der Waals surface area contributed by atoms with E-state index in [1.807, 2.05) is 78.9 Å². The highest BCUT2D eigenvalue weighted by Gasteiger charge is 2.25. The maximum absolute atomic E-state index is 12.8. The van der Waals surface area contributed by atoms with Crippen LogP contribution in [0.15, 0.2) is 83.6 Å². The molecule has 0 bridgehead atoms. The molecule has 164 valence electrons. The highest BCUT2D eigenvalue weighted by Crippen LogP contribution is 2.37. The van der Waals surface area contributed by atoms with Crippen molar-refractivity contribution in [1.29, 1.82) is 0 Å². The van der Waals surface area contributed by atoms with Gasteiger partial charge in [-0.05, 0) is 51.8 Å². The number of carbonyl (C=O) groups is 1. The first-order chi connectivity index (χ1) is 16.1. The van der Waals surface area contributed by atoms with Gasteiger partial charge in [0, 0.05) is 10.8 Å². The van der Waals surface area contributed by atoms with Gasteiger partial charge in [-0.3, -0.25) is 0 Å². The highest BCUT2D eigenvalue weighted by atomic mass is 79.9. The number of aromatic nitrogens is 3. The Hall–Kier alpha value is -3.91. The highest BCUT2D eigenvalue weighted by molar-refractivity contribution is 9.10. The average molecular weight is 504 g/mol. The van der Waals surface area contributed by atoms with E-state index in [1.165, 1.54) is 11.6 Å². The maximum Gasteiger partial charge on any atom is 0.360 e. The standard InChI is InChI=1S/C25H18BrN3O4/c1-31-24(30)21-22(32-15-16-8-4-2-5-9-16)19-13-12-18(33-17-10-6-3-7-11-17)14-20(19)23-27-25(26)28-29(21)23/h2-14H,15H2,1H3. The second-order valence-corrected chi connectivity index (χ2v) is 7.89. The van der Waals surface area contributed by atoms with Crippen molar-refractivity contribution < 1.29 is 19.0 Å². The molecular weight excluding hydrogens is 486 g/mol. The Morgan fingerprint density at radius 3 is 2.39 bits per heavy atom. The Labute approximate surface area is 197 Å². The number of pyridine rings is 1. The normalized spacial score (nSPS) is 11.0. The Kier molecular flexibility index (Phi) is 5.66. The summed E-state index contributed by atoms with van der Waals surface area (Å²) < 4.78 is 19.0. The van der Waals surface area contributed by atoms with Crippen LogP contribution in [0.4, 0.5) is 0 Å². The fourth-order valence-electron chi connectivity index (χ4n) is 3.59. The van der Waals surface area contributed by atoms with Crippen LogP contribution in [0, 0.1) is 0 Å². The van der Waals surface area contributed by atoms with Crippen LogP contribution < -0.4 is 9.47 Å². The zero-order valence-corrected chi connectivity index (χ0v) is 19.2. The van der Waals surface area contributed by atoms with Crippen molar-refractivity contribution in [3.8, 4) is 17.2 Å². The van der Waals surface area contributed by atoms with E-state index in [0.29, 0.717) is 33.0 Å². The fraction of sp³-hybridized carbons (Fsp3) is 0.0800. The molecule has 0 N–H and O–H groups in total. The summed E-state index contributed by atoms with van der Waals surface area (Å²) in [4.78, 5) is 17.3. The minimum absolute atomic E-state index is 0.158. The number of methoxy groups -OCH3 is 1. The van der Waals surface area contributed by atoms with Crippen molar-refractivity contribution in [1.82, 2.24) is 14.6 Å². The summed E-state index contributed by atoms with van der Waals surface area (Å²) in [6, 6.07) is 24.7. The van der Waals surface area contributed by atoms with E-state index in [1.54, 1.807) is 0 Å². The lowest BCUT2D eigenvalue weighted by Gasteiger charge is -2.16. The lowest BCUT2D eigenvalue weighted by Crippen LogP contribution is -2.13. The Morgan fingerprint density at radius 2 is 1.67 bits per heavy atom. The van der Waals surface area contributed by atoms with Crippen molar-refractivity contribution in [3.63, 3.8) is 0 Å². The summed E-state index contributed by atoms with van der Waals surface area (Å²) in [6.45, 7) is 0.267. The molecule has 0 aliphatic rings. The number of hydrogen-bond donors (Lipinski definition) is 0. The van der Waals surface area contributed by atoms with Gasteiger partial charge in [0.15, 0.2) is 17.1 Å². The van der Waals surface area contributed by atoms with Gasteiger partial charge in [-0.1, -0.05) is 48.5 Å². The van der Waals surface area contributed by atoms with Crippen LogP contribution in [0.25, 0.3) is 16.4 Å². The molecule has 0 amide bonds. The van der Waals surface area contributed by atoms with Crippen LogP contribution >= 0.6 is 15.9 Å². The SMILES string of the molecule is COC(=O)c1c(OCc2ccccc2)c2ccc(Oc3ccccc3)cc2c2nc(Br)nn12. The molecule has 7 nitrogen and oxygen atoms in total. The number of halogens is 1.